The molecule has 0 atom stereocenters. The third kappa shape index (κ3) is 4.95. The molecule has 4 heteroatoms. The first-order valence-corrected chi connectivity index (χ1v) is 10.5. The van der Waals surface area contributed by atoms with Gasteiger partial charge in [0.05, 0.1) is 0 Å². The third-order valence-electron chi connectivity index (χ3n) is 5.67. The monoisotopic (exact) mass is 398 g/mol. The van der Waals surface area contributed by atoms with Gasteiger partial charge in [-0.05, 0) is 61.1 Å². The molecule has 30 heavy (non-hydrogen) atoms. The number of hydrogen-bond acceptors (Lipinski definition) is 2. The zero-order valence-corrected chi connectivity index (χ0v) is 17.0. The lowest BCUT2D eigenvalue weighted by Crippen LogP contribution is -2.39. The molecule has 0 bridgehead atoms. The molecule has 4 rings (SSSR count). The molecule has 3 aromatic rings. The molecule has 0 radical (unpaired) electrons. The van der Waals surface area contributed by atoms with Gasteiger partial charge in [-0.25, -0.2) is 0 Å². The Morgan fingerprint density at radius 1 is 0.800 bits per heavy atom. The van der Waals surface area contributed by atoms with Gasteiger partial charge in [-0.2, -0.15) is 0 Å². The van der Waals surface area contributed by atoms with Gasteiger partial charge < -0.3 is 10.2 Å². The molecule has 152 valence electrons. The number of benzene rings is 3. The molecule has 1 saturated heterocycles. The van der Waals surface area contributed by atoms with Crippen LogP contribution in [0.3, 0.4) is 0 Å². The van der Waals surface area contributed by atoms with E-state index in [1.54, 1.807) is 24.3 Å². The molecule has 2 amide bonds. The molecule has 1 aliphatic heterocycles. The fourth-order valence-corrected chi connectivity index (χ4v) is 3.99. The highest BCUT2D eigenvalue weighted by atomic mass is 16.2. The van der Waals surface area contributed by atoms with E-state index in [4.69, 9.17) is 0 Å². The molecule has 1 aliphatic rings. The van der Waals surface area contributed by atoms with E-state index < -0.39 is 0 Å². The van der Waals surface area contributed by atoms with Crippen LogP contribution in [0, 0.1) is 5.92 Å². The predicted octanol–water partition coefficient (Wildman–Crippen LogP) is 5.03. The average molecular weight is 399 g/mol. The van der Waals surface area contributed by atoms with Gasteiger partial charge in [-0.1, -0.05) is 54.6 Å². The maximum Gasteiger partial charge on any atom is 0.255 e. The van der Waals surface area contributed by atoms with Crippen LogP contribution in [-0.4, -0.2) is 29.8 Å². The largest absolute Gasteiger partial charge is 0.339 e. The molecule has 0 aliphatic carbocycles. The Morgan fingerprint density at radius 3 is 2.13 bits per heavy atom. The zero-order chi connectivity index (χ0) is 20.8. The molecular formula is C26H26N2O2. The highest BCUT2D eigenvalue weighted by molar-refractivity contribution is 6.06. The van der Waals surface area contributed by atoms with Gasteiger partial charge in [-0.3, -0.25) is 9.59 Å². The third-order valence-corrected chi connectivity index (χ3v) is 5.67. The highest BCUT2D eigenvalue weighted by Crippen LogP contribution is 2.23. The molecule has 1 N–H and O–H groups in total. The van der Waals surface area contributed by atoms with Crippen LogP contribution in [0.1, 0.15) is 39.1 Å². The van der Waals surface area contributed by atoms with Gasteiger partial charge in [0, 0.05) is 29.9 Å². The van der Waals surface area contributed by atoms with Crippen LogP contribution >= 0.6 is 0 Å². The summed E-state index contributed by atoms with van der Waals surface area (Å²) in [7, 11) is 0. The summed E-state index contributed by atoms with van der Waals surface area (Å²) in [6, 6.07) is 26.9. The molecule has 0 saturated carbocycles. The van der Waals surface area contributed by atoms with Crippen LogP contribution < -0.4 is 5.32 Å². The van der Waals surface area contributed by atoms with Gasteiger partial charge in [-0.15, -0.1) is 0 Å². The Bertz CT molecular complexity index is 994. The average Bonchev–Trinajstić information content (AvgIpc) is 2.80. The topological polar surface area (TPSA) is 49.4 Å². The van der Waals surface area contributed by atoms with Crippen LogP contribution in [0.5, 0.6) is 0 Å². The number of anilines is 1. The minimum atomic E-state index is -0.211. The smallest absolute Gasteiger partial charge is 0.255 e. The number of rotatable bonds is 5. The summed E-state index contributed by atoms with van der Waals surface area (Å²) in [5.74, 6) is 0.402. The van der Waals surface area contributed by atoms with Crippen molar-refractivity contribution in [1.29, 1.82) is 0 Å². The fraction of sp³-hybridized carbons (Fsp3) is 0.231. The summed E-state index contributed by atoms with van der Waals surface area (Å²) in [4.78, 5) is 27.5. The number of likely N-dealkylation sites (tertiary alicyclic amines) is 1. The van der Waals surface area contributed by atoms with Crippen molar-refractivity contribution in [3.05, 3.63) is 102 Å². The summed E-state index contributed by atoms with van der Waals surface area (Å²) < 4.78 is 0. The van der Waals surface area contributed by atoms with E-state index in [9.17, 15) is 9.59 Å². The van der Waals surface area contributed by atoms with E-state index in [0.29, 0.717) is 17.0 Å². The van der Waals surface area contributed by atoms with Gasteiger partial charge in [0.2, 0.25) is 0 Å². The normalized spacial score (nSPS) is 14.3. The summed E-state index contributed by atoms with van der Waals surface area (Å²) in [6.45, 7) is 1.52. The number of nitrogens with zero attached hydrogens (tertiary/aromatic N) is 1. The van der Waals surface area contributed by atoms with Crippen molar-refractivity contribution in [2.75, 3.05) is 18.4 Å². The Hall–Kier alpha value is -3.40. The number of nitrogens with one attached hydrogen (secondary N) is 1. The number of piperidine rings is 1. The maximum atomic E-state index is 13.0. The predicted molar refractivity (Wildman–Crippen MR) is 120 cm³/mol. The number of amides is 2. The van der Waals surface area contributed by atoms with E-state index in [1.165, 1.54) is 5.56 Å². The Morgan fingerprint density at radius 2 is 1.43 bits per heavy atom. The van der Waals surface area contributed by atoms with Crippen molar-refractivity contribution in [2.24, 2.45) is 5.92 Å². The van der Waals surface area contributed by atoms with Crippen molar-refractivity contribution in [2.45, 2.75) is 19.3 Å². The summed E-state index contributed by atoms with van der Waals surface area (Å²) in [5, 5.41) is 2.87. The zero-order valence-electron chi connectivity index (χ0n) is 17.0. The van der Waals surface area contributed by atoms with Crippen LogP contribution in [-0.2, 0) is 6.42 Å². The minimum absolute atomic E-state index is 0.00234. The van der Waals surface area contributed by atoms with E-state index >= 15 is 0 Å². The summed E-state index contributed by atoms with van der Waals surface area (Å²) in [5.41, 5.74) is 3.15. The number of hydrogen-bond donors (Lipinski definition) is 1. The standard InChI is InChI=1S/C26H26N2O2/c29-25(27-24-12-5-2-6-13-24)22-10-7-11-23(19-22)26(30)28-16-14-21(15-17-28)18-20-8-3-1-4-9-20/h1-13,19,21H,14-18H2,(H,27,29). The van der Waals surface area contributed by atoms with Gasteiger partial charge >= 0.3 is 0 Å². The van der Waals surface area contributed by atoms with Crippen molar-refractivity contribution in [3.63, 3.8) is 0 Å². The van der Waals surface area contributed by atoms with Gasteiger partial charge in [0.1, 0.15) is 0 Å². The van der Waals surface area contributed by atoms with E-state index in [1.807, 2.05) is 41.3 Å². The van der Waals surface area contributed by atoms with Crippen molar-refractivity contribution in [3.8, 4) is 0 Å². The number of carbonyl (C=O) groups is 2. The SMILES string of the molecule is O=C(Nc1ccccc1)c1cccc(C(=O)N2CCC(Cc3ccccc3)CC2)c1. The second-order valence-electron chi connectivity index (χ2n) is 7.83. The van der Waals surface area contributed by atoms with Crippen LogP contribution in [0.2, 0.25) is 0 Å². The lowest BCUT2D eigenvalue weighted by atomic mass is 9.90. The van der Waals surface area contributed by atoms with E-state index in [-0.39, 0.29) is 11.8 Å². The highest BCUT2D eigenvalue weighted by Gasteiger charge is 2.24. The molecule has 1 fully saturated rings. The number of para-hydroxylation sites is 1. The lowest BCUT2D eigenvalue weighted by Gasteiger charge is -2.32. The van der Waals surface area contributed by atoms with E-state index in [2.05, 4.69) is 29.6 Å². The lowest BCUT2D eigenvalue weighted by molar-refractivity contribution is 0.0690. The Labute approximate surface area is 177 Å². The second-order valence-corrected chi connectivity index (χ2v) is 7.83. The molecule has 0 unspecified atom stereocenters. The van der Waals surface area contributed by atoms with Gasteiger partial charge in [0.25, 0.3) is 11.8 Å². The molecule has 3 aromatic carbocycles. The van der Waals surface area contributed by atoms with E-state index in [0.717, 1.165) is 38.0 Å². The van der Waals surface area contributed by atoms with Crippen LogP contribution in [0.25, 0.3) is 0 Å². The first-order valence-electron chi connectivity index (χ1n) is 10.5. The summed E-state index contributed by atoms with van der Waals surface area (Å²) >= 11 is 0. The quantitative estimate of drug-likeness (QED) is 0.655. The second kappa shape index (κ2) is 9.40. The fourth-order valence-electron chi connectivity index (χ4n) is 3.99. The van der Waals surface area contributed by atoms with Crippen molar-refractivity contribution >= 4 is 17.5 Å². The maximum absolute atomic E-state index is 13.0. The molecule has 0 spiro atoms. The first-order chi connectivity index (χ1) is 14.7. The minimum Gasteiger partial charge on any atom is -0.339 e. The van der Waals surface area contributed by atoms with Crippen LogP contribution in [0.4, 0.5) is 5.69 Å². The summed E-state index contributed by atoms with van der Waals surface area (Å²) in [6.07, 6.45) is 3.08. The molecule has 0 aromatic heterocycles. The van der Waals surface area contributed by atoms with Crippen molar-refractivity contribution in [1.82, 2.24) is 4.90 Å². The number of carbonyl (C=O) groups excluding carboxylic acids is 2. The Kier molecular flexibility index (Phi) is 6.23. The first kappa shape index (κ1) is 19.9. The van der Waals surface area contributed by atoms with Crippen LogP contribution in [0.15, 0.2) is 84.9 Å². The molecule has 4 nitrogen and oxygen atoms in total. The van der Waals surface area contributed by atoms with Gasteiger partial charge in [0.15, 0.2) is 0 Å². The van der Waals surface area contributed by atoms with Crippen molar-refractivity contribution < 1.29 is 9.59 Å². The molecule has 1 heterocycles. The Balaban J connectivity index is 1.36. The molecular weight excluding hydrogens is 372 g/mol.